The Labute approximate surface area is 124 Å². The Hall–Kier alpha value is -0.500. The van der Waals surface area contributed by atoms with Gasteiger partial charge in [-0.3, -0.25) is 4.90 Å². The van der Waals surface area contributed by atoms with Crippen LogP contribution in [-0.2, 0) is 29.4 Å². The molecule has 0 amide bonds. The fraction of sp³-hybridized carbons (Fsp3) is 0.769. The lowest BCUT2D eigenvalue weighted by molar-refractivity contribution is 0.194. The van der Waals surface area contributed by atoms with Crippen molar-refractivity contribution in [2.45, 2.75) is 44.7 Å². The summed E-state index contributed by atoms with van der Waals surface area (Å²) in [4.78, 5) is 8.50. The number of aromatic nitrogens is 1. The van der Waals surface area contributed by atoms with Gasteiger partial charge in [0.05, 0.1) is 18.5 Å². The first-order chi connectivity index (χ1) is 9.49. The SMILES string of the molecule is CS(=O)(=O)NC1CCCN(Cc2nc3c(s2)CCC3)C1. The van der Waals surface area contributed by atoms with Crippen LogP contribution in [0.1, 0.15) is 34.8 Å². The predicted octanol–water partition coefficient (Wildman–Crippen LogP) is 1.15. The van der Waals surface area contributed by atoms with E-state index in [0.717, 1.165) is 38.9 Å². The van der Waals surface area contributed by atoms with E-state index in [4.69, 9.17) is 4.98 Å². The molecular formula is C13H21N3O2S2. The molecule has 112 valence electrons. The van der Waals surface area contributed by atoms with Gasteiger partial charge in [0.25, 0.3) is 0 Å². The number of rotatable bonds is 4. The molecule has 0 spiro atoms. The Kier molecular flexibility index (Phi) is 4.12. The average molecular weight is 315 g/mol. The quantitative estimate of drug-likeness (QED) is 0.905. The highest BCUT2D eigenvalue weighted by molar-refractivity contribution is 7.88. The molecule has 3 rings (SSSR count). The Morgan fingerprint density at radius 3 is 3.00 bits per heavy atom. The van der Waals surface area contributed by atoms with Crippen LogP contribution in [0.4, 0.5) is 0 Å². The van der Waals surface area contributed by atoms with E-state index in [-0.39, 0.29) is 6.04 Å². The standard InChI is InChI=1S/C13H21N3O2S2/c1-20(17,18)15-10-4-3-7-16(8-10)9-13-14-11-5-2-6-12(11)19-13/h10,15H,2-9H2,1H3. The summed E-state index contributed by atoms with van der Waals surface area (Å²) in [6.07, 6.45) is 6.77. The topological polar surface area (TPSA) is 62.3 Å². The van der Waals surface area contributed by atoms with Crippen LogP contribution in [0.3, 0.4) is 0 Å². The van der Waals surface area contributed by atoms with Crippen LogP contribution in [0.25, 0.3) is 0 Å². The average Bonchev–Trinajstić information content (AvgIpc) is 2.87. The molecule has 1 aromatic heterocycles. The minimum atomic E-state index is -3.11. The van der Waals surface area contributed by atoms with Gasteiger partial charge in [0.2, 0.25) is 10.0 Å². The van der Waals surface area contributed by atoms with Gasteiger partial charge in [-0.25, -0.2) is 18.1 Å². The summed E-state index contributed by atoms with van der Waals surface area (Å²) < 4.78 is 25.4. The maximum absolute atomic E-state index is 11.3. The van der Waals surface area contributed by atoms with Crippen molar-refractivity contribution in [1.29, 1.82) is 0 Å². The van der Waals surface area contributed by atoms with Crippen LogP contribution in [-0.4, -0.2) is 43.7 Å². The number of fused-ring (bicyclic) bond motifs is 1. The molecule has 1 fully saturated rings. The van der Waals surface area contributed by atoms with E-state index in [1.165, 1.54) is 34.7 Å². The van der Waals surface area contributed by atoms with Gasteiger partial charge < -0.3 is 0 Å². The van der Waals surface area contributed by atoms with Crippen molar-refractivity contribution >= 4 is 21.4 Å². The number of nitrogens with zero attached hydrogens (tertiary/aromatic N) is 2. The number of likely N-dealkylation sites (tertiary alicyclic amines) is 1. The molecule has 1 N–H and O–H groups in total. The third-order valence-electron chi connectivity index (χ3n) is 3.89. The summed E-state index contributed by atoms with van der Waals surface area (Å²) in [6.45, 7) is 2.68. The van der Waals surface area contributed by atoms with Crippen molar-refractivity contribution in [3.8, 4) is 0 Å². The van der Waals surface area contributed by atoms with Crippen LogP contribution >= 0.6 is 11.3 Å². The van der Waals surface area contributed by atoms with E-state index in [0.29, 0.717) is 0 Å². The first-order valence-electron chi connectivity index (χ1n) is 7.17. The molecule has 1 aliphatic heterocycles. The van der Waals surface area contributed by atoms with Gasteiger partial charge in [0.15, 0.2) is 0 Å². The number of thiazole rings is 1. The van der Waals surface area contributed by atoms with Crippen LogP contribution in [0, 0.1) is 0 Å². The van der Waals surface area contributed by atoms with E-state index >= 15 is 0 Å². The van der Waals surface area contributed by atoms with Gasteiger partial charge in [0, 0.05) is 17.5 Å². The summed E-state index contributed by atoms with van der Waals surface area (Å²) in [6, 6.07) is 0.0468. The lowest BCUT2D eigenvalue weighted by Gasteiger charge is -2.32. The molecule has 2 heterocycles. The van der Waals surface area contributed by atoms with Crippen molar-refractivity contribution in [3.63, 3.8) is 0 Å². The highest BCUT2D eigenvalue weighted by atomic mass is 32.2. The Bertz CT molecular complexity index is 561. The van der Waals surface area contributed by atoms with Gasteiger partial charge in [-0.05, 0) is 38.6 Å². The fourth-order valence-corrected chi connectivity index (χ4v) is 5.10. The Morgan fingerprint density at radius 1 is 1.40 bits per heavy atom. The molecule has 5 nitrogen and oxygen atoms in total. The summed E-state index contributed by atoms with van der Waals surface area (Å²) in [5.41, 5.74) is 1.30. The molecule has 1 unspecified atom stereocenters. The third-order valence-corrected chi connectivity index (χ3v) is 5.79. The van der Waals surface area contributed by atoms with Gasteiger partial charge in [-0.15, -0.1) is 11.3 Å². The molecule has 0 aromatic carbocycles. The normalized spacial score (nSPS) is 23.9. The molecule has 1 atom stereocenters. The highest BCUT2D eigenvalue weighted by Gasteiger charge is 2.24. The zero-order valence-corrected chi connectivity index (χ0v) is 13.4. The summed E-state index contributed by atoms with van der Waals surface area (Å²) in [7, 11) is -3.11. The molecule has 0 bridgehead atoms. The number of aryl methyl sites for hydroxylation is 2. The van der Waals surface area contributed by atoms with Crippen molar-refractivity contribution < 1.29 is 8.42 Å². The lowest BCUT2D eigenvalue weighted by Crippen LogP contribution is -2.46. The van der Waals surface area contributed by atoms with Crippen molar-refractivity contribution in [1.82, 2.24) is 14.6 Å². The van der Waals surface area contributed by atoms with Crippen molar-refractivity contribution in [3.05, 3.63) is 15.6 Å². The highest BCUT2D eigenvalue weighted by Crippen LogP contribution is 2.28. The van der Waals surface area contributed by atoms with Crippen molar-refractivity contribution in [2.24, 2.45) is 0 Å². The first-order valence-corrected chi connectivity index (χ1v) is 9.87. The molecule has 20 heavy (non-hydrogen) atoms. The van der Waals surface area contributed by atoms with E-state index in [1.54, 1.807) is 0 Å². The number of nitrogens with one attached hydrogen (secondary N) is 1. The molecular weight excluding hydrogens is 294 g/mol. The maximum atomic E-state index is 11.3. The minimum Gasteiger partial charge on any atom is -0.295 e. The molecule has 0 radical (unpaired) electrons. The van der Waals surface area contributed by atoms with Crippen LogP contribution in [0.5, 0.6) is 0 Å². The van der Waals surface area contributed by atoms with E-state index < -0.39 is 10.0 Å². The predicted molar refractivity (Wildman–Crippen MR) is 80.4 cm³/mol. The summed E-state index contributed by atoms with van der Waals surface area (Å²) >= 11 is 1.84. The number of sulfonamides is 1. The molecule has 0 saturated carbocycles. The van der Waals surface area contributed by atoms with E-state index in [1.807, 2.05) is 11.3 Å². The first kappa shape index (κ1) is 14.4. The smallest absolute Gasteiger partial charge is 0.208 e. The zero-order chi connectivity index (χ0) is 14.2. The number of hydrogen-bond acceptors (Lipinski definition) is 5. The summed E-state index contributed by atoms with van der Waals surface area (Å²) in [5, 5.41) is 1.19. The summed E-state index contributed by atoms with van der Waals surface area (Å²) in [5.74, 6) is 0. The third kappa shape index (κ3) is 3.58. The maximum Gasteiger partial charge on any atom is 0.208 e. The zero-order valence-electron chi connectivity index (χ0n) is 11.8. The fourth-order valence-electron chi connectivity index (χ4n) is 3.10. The van der Waals surface area contributed by atoms with E-state index in [2.05, 4.69) is 9.62 Å². The molecule has 1 aliphatic carbocycles. The molecule has 2 aliphatic rings. The van der Waals surface area contributed by atoms with Crippen LogP contribution < -0.4 is 4.72 Å². The number of piperidine rings is 1. The minimum absolute atomic E-state index is 0.0468. The largest absolute Gasteiger partial charge is 0.295 e. The van der Waals surface area contributed by atoms with E-state index in [9.17, 15) is 8.42 Å². The second kappa shape index (κ2) is 5.71. The second-order valence-corrected chi connectivity index (χ2v) is 8.74. The van der Waals surface area contributed by atoms with Gasteiger partial charge in [0.1, 0.15) is 5.01 Å². The molecule has 7 heteroatoms. The second-order valence-electron chi connectivity index (χ2n) is 5.80. The monoisotopic (exact) mass is 315 g/mol. The van der Waals surface area contributed by atoms with Gasteiger partial charge >= 0.3 is 0 Å². The van der Waals surface area contributed by atoms with Gasteiger partial charge in [-0.2, -0.15) is 0 Å². The Morgan fingerprint density at radius 2 is 2.25 bits per heavy atom. The Balaban J connectivity index is 1.59. The van der Waals surface area contributed by atoms with Crippen LogP contribution in [0.15, 0.2) is 0 Å². The molecule has 1 aromatic rings. The lowest BCUT2D eigenvalue weighted by atomic mass is 10.1. The van der Waals surface area contributed by atoms with Gasteiger partial charge in [-0.1, -0.05) is 0 Å². The van der Waals surface area contributed by atoms with Crippen molar-refractivity contribution in [2.75, 3.05) is 19.3 Å². The molecule has 1 saturated heterocycles. The van der Waals surface area contributed by atoms with Crippen LogP contribution in [0.2, 0.25) is 0 Å². The number of hydrogen-bond donors (Lipinski definition) is 1.